The van der Waals surface area contributed by atoms with Crippen LogP contribution in [0.15, 0.2) is 58.7 Å². The highest BCUT2D eigenvalue weighted by Crippen LogP contribution is 2.66. The molecule has 0 amide bonds. The van der Waals surface area contributed by atoms with E-state index in [0.29, 0.717) is 44.3 Å². The number of aliphatic hydroxyl groups excluding tert-OH is 2. The van der Waals surface area contributed by atoms with E-state index in [-0.39, 0.29) is 30.5 Å². The Kier molecular flexibility index (Phi) is 10.7. The minimum absolute atomic E-state index is 0.0386. The Hall–Kier alpha value is -2.23. The van der Waals surface area contributed by atoms with Crippen LogP contribution in [0.4, 0.5) is 0 Å². The summed E-state index contributed by atoms with van der Waals surface area (Å²) in [4.78, 5) is 12.0. The zero-order valence-electron chi connectivity index (χ0n) is 25.3. The molecule has 5 nitrogen and oxygen atoms in total. The smallest absolute Gasteiger partial charge is 0.145 e. The molecule has 3 fully saturated rings. The lowest BCUT2D eigenvalue weighted by Gasteiger charge is -2.55. The van der Waals surface area contributed by atoms with Crippen molar-refractivity contribution >= 4 is 6.29 Å². The maximum atomic E-state index is 12.5. The average molecular weight is 563 g/mol. The van der Waals surface area contributed by atoms with Crippen LogP contribution in [0.2, 0.25) is 0 Å². The minimum atomic E-state index is -1.11. The summed E-state index contributed by atoms with van der Waals surface area (Å²) in [5, 5.41) is 34.4. The van der Waals surface area contributed by atoms with E-state index in [4.69, 9.17) is 4.74 Å². The molecule has 3 aliphatic carbocycles. The van der Waals surface area contributed by atoms with Crippen molar-refractivity contribution in [2.75, 3.05) is 13.2 Å². The molecule has 4 rings (SSSR count). The SMILES string of the molecule is C=C1/C=C/C=C2\[C@H]3[C@@H](CCC[C@@H]2OCC#CC/C(C)=C/CC1)C[C@@]1([C@H](CCCO)/C(=C(\C)C=O)CC[C@@]1(C)O)[C@@H]3O. The van der Waals surface area contributed by atoms with Crippen LogP contribution in [-0.2, 0) is 9.53 Å². The number of allylic oxidation sites excluding steroid dienone is 8. The van der Waals surface area contributed by atoms with Gasteiger partial charge >= 0.3 is 0 Å². The first kappa shape index (κ1) is 31.7. The van der Waals surface area contributed by atoms with Gasteiger partial charge in [0.05, 0.1) is 17.8 Å². The van der Waals surface area contributed by atoms with Crippen LogP contribution < -0.4 is 0 Å². The Balaban J connectivity index is 1.78. The lowest BCUT2D eigenvalue weighted by molar-refractivity contribution is -0.168. The van der Waals surface area contributed by atoms with Gasteiger partial charge < -0.3 is 20.1 Å². The summed E-state index contributed by atoms with van der Waals surface area (Å²) in [5.74, 6) is 6.28. The topological polar surface area (TPSA) is 87.0 Å². The van der Waals surface area contributed by atoms with Crippen LogP contribution in [-0.4, -0.2) is 52.6 Å². The zero-order valence-corrected chi connectivity index (χ0v) is 25.3. The summed E-state index contributed by atoms with van der Waals surface area (Å²) in [5.41, 5.74) is 3.20. The molecule has 0 aromatic carbocycles. The van der Waals surface area contributed by atoms with E-state index >= 15 is 0 Å². The highest BCUT2D eigenvalue weighted by atomic mass is 16.5. The normalized spacial score (nSPS) is 41.1. The lowest BCUT2D eigenvalue weighted by Crippen LogP contribution is -2.59. The average Bonchev–Trinajstić information content (AvgIpc) is 3.11. The number of ether oxygens (including phenoxy) is 1. The van der Waals surface area contributed by atoms with Crippen molar-refractivity contribution in [2.45, 2.75) is 109 Å². The zero-order chi connectivity index (χ0) is 29.6. The van der Waals surface area contributed by atoms with E-state index in [0.717, 1.165) is 61.5 Å². The molecule has 4 aliphatic rings. The third-order valence-electron chi connectivity index (χ3n) is 10.5. The van der Waals surface area contributed by atoms with Crippen LogP contribution in [0, 0.1) is 35.0 Å². The molecule has 3 saturated carbocycles. The molecule has 41 heavy (non-hydrogen) atoms. The van der Waals surface area contributed by atoms with Gasteiger partial charge in [0.25, 0.3) is 0 Å². The van der Waals surface area contributed by atoms with E-state index in [1.165, 1.54) is 5.57 Å². The largest absolute Gasteiger partial charge is 0.396 e. The van der Waals surface area contributed by atoms with E-state index in [9.17, 15) is 20.1 Å². The van der Waals surface area contributed by atoms with Crippen molar-refractivity contribution in [3.8, 4) is 11.8 Å². The van der Waals surface area contributed by atoms with Crippen molar-refractivity contribution in [3.05, 3.63) is 58.7 Å². The second-order valence-electron chi connectivity index (χ2n) is 13.0. The van der Waals surface area contributed by atoms with Crippen LogP contribution in [0.3, 0.4) is 0 Å². The summed E-state index contributed by atoms with van der Waals surface area (Å²) in [6, 6.07) is 0. The maximum absolute atomic E-state index is 12.5. The Labute approximate surface area is 247 Å². The first-order chi connectivity index (χ1) is 19.7. The predicted molar refractivity (Wildman–Crippen MR) is 164 cm³/mol. The van der Waals surface area contributed by atoms with Crippen LogP contribution in [0.25, 0.3) is 0 Å². The van der Waals surface area contributed by atoms with Gasteiger partial charge in [0.2, 0.25) is 0 Å². The molecule has 0 radical (unpaired) electrons. The van der Waals surface area contributed by atoms with Gasteiger partial charge in [-0.25, -0.2) is 0 Å². The molecule has 1 aliphatic heterocycles. The number of carbonyl (C=O) groups excluding carboxylic acids is 1. The first-order valence-corrected chi connectivity index (χ1v) is 15.6. The third-order valence-corrected chi connectivity index (χ3v) is 10.5. The van der Waals surface area contributed by atoms with E-state index in [1.54, 1.807) is 0 Å². The number of fused-ring (bicyclic) bond motifs is 3. The van der Waals surface area contributed by atoms with Crippen LogP contribution in [0.1, 0.15) is 91.4 Å². The maximum Gasteiger partial charge on any atom is 0.145 e. The molecule has 0 saturated heterocycles. The van der Waals surface area contributed by atoms with Gasteiger partial charge in [0.1, 0.15) is 12.9 Å². The summed E-state index contributed by atoms with van der Waals surface area (Å²) < 4.78 is 6.44. The number of aldehydes is 1. The molecular weight excluding hydrogens is 512 g/mol. The third kappa shape index (κ3) is 6.57. The highest BCUT2D eigenvalue weighted by Gasteiger charge is 2.67. The van der Waals surface area contributed by atoms with Gasteiger partial charge in [-0.1, -0.05) is 65.9 Å². The van der Waals surface area contributed by atoms with Crippen molar-refractivity contribution in [3.63, 3.8) is 0 Å². The van der Waals surface area contributed by atoms with Crippen LogP contribution >= 0.6 is 0 Å². The van der Waals surface area contributed by atoms with E-state index in [2.05, 4.69) is 49.6 Å². The number of aliphatic hydroxyl groups is 3. The molecule has 7 atom stereocenters. The molecule has 1 heterocycles. The van der Waals surface area contributed by atoms with Gasteiger partial charge in [-0.15, -0.1) is 0 Å². The second-order valence-corrected chi connectivity index (χ2v) is 13.0. The molecule has 3 N–H and O–H groups in total. The van der Waals surface area contributed by atoms with Crippen LogP contribution in [0.5, 0.6) is 0 Å². The first-order valence-electron chi connectivity index (χ1n) is 15.6. The van der Waals surface area contributed by atoms with E-state index in [1.807, 2.05) is 13.8 Å². The number of hydrogen-bond acceptors (Lipinski definition) is 5. The number of rotatable bonds is 4. The molecular formula is C36H50O5. The van der Waals surface area contributed by atoms with Crippen molar-refractivity contribution < 1.29 is 24.9 Å². The fraction of sp³-hybridized carbons (Fsp3) is 0.639. The van der Waals surface area contributed by atoms with Gasteiger partial charge in [-0.05, 0) is 102 Å². The van der Waals surface area contributed by atoms with Crippen molar-refractivity contribution in [1.29, 1.82) is 0 Å². The summed E-state index contributed by atoms with van der Waals surface area (Å²) in [6.45, 7) is 10.5. The van der Waals surface area contributed by atoms with Crippen molar-refractivity contribution in [1.82, 2.24) is 0 Å². The number of carbonyl (C=O) groups is 1. The quantitative estimate of drug-likeness (QED) is 0.165. The lowest BCUT2D eigenvalue weighted by atomic mass is 9.52. The summed E-state index contributed by atoms with van der Waals surface area (Å²) >= 11 is 0. The van der Waals surface area contributed by atoms with E-state index < -0.39 is 17.1 Å². The molecule has 0 aromatic rings. The monoisotopic (exact) mass is 562 g/mol. The molecule has 0 bridgehead atoms. The van der Waals surface area contributed by atoms with Gasteiger partial charge in [0, 0.05) is 24.4 Å². The Morgan fingerprint density at radius 2 is 2.07 bits per heavy atom. The standard InChI is InChI=1S/C36H50O5/c1-25-11-5-6-22-41-32-18-9-15-28-23-36(34(39)33(28)30(32)16-8-14-26(2)13-7-12-25)31(17-10-21-37)29(27(3)24-38)19-20-35(36,4)40/h8,12,14,16,24,28,31-34,37,39-40H,2,7,9-11,13,15,17-23H2,1,3-4H3/b14-8+,25-12+,29-27+,30-16-/t28-,31+,32-,33+,34+,35+,36+/m0/s1. The Bertz CT molecular complexity index is 1160. The predicted octanol–water partition coefficient (Wildman–Crippen LogP) is 6.16. The molecule has 224 valence electrons. The fourth-order valence-corrected chi connectivity index (χ4v) is 8.32. The molecule has 5 heteroatoms. The van der Waals surface area contributed by atoms with Gasteiger partial charge in [-0.2, -0.15) is 0 Å². The highest BCUT2D eigenvalue weighted by molar-refractivity contribution is 5.74. The van der Waals surface area contributed by atoms with Gasteiger partial charge in [-0.3, -0.25) is 4.79 Å². The molecule has 1 spiro atoms. The Morgan fingerprint density at radius 1 is 1.27 bits per heavy atom. The van der Waals surface area contributed by atoms with Gasteiger partial charge in [0.15, 0.2) is 0 Å². The molecule has 0 unspecified atom stereocenters. The number of hydrogen-bond donors (Lipinski definition) is 3. The minimum Gasteiger partial charge on any atom is -0.396 e. The second kappa shape index (κ2) is 13.8. The fourth-order valence-electron chi connectivity index (χ4n) is 8.32. The summed E-state index contributed by atoms with van der Waals surface area (Å²) in [6.07, 6.45) is 16.7. The Morgan fingerprint density at radius 3 is 2.83 bits per heavy atom. The van der Waals surface area contributed by atoms with Crippen molar-refractivity contribution in [2.24, 2.45) is 23.2 Å². The molecule has 0 aromatic heterocycles. The summed E-state index contributed by atoms with van der Waals surface area (Å²) in [7, 11) is 0.